The molecule has 1 aromatic heterocycles. The van der Waals surface area contributed by atoms with Crippen LogP contribution in [-0.2, 0) is 0 Å². The van der Waals surface area contributed by atoms with Crippen LogP contribution in [-0.4, -0.2) is 6.54 Å². The minimum absolute atomic E-state index is 0.176. The van der Waals surface area contributed by atoms with Gasteiger partial charge in [0.2, 0.25) is 0 Å². The van der Waals surface area contributed by atoms with E-state index >= 15 is 0 Å². The molecule has 0 saturated heterocycles. The quantitative estimate of drug-likeness (QED) is 0.806. The van der Waals surface area contributed by atoms with E-state index in [-0.39, 0.29) is 6.04 Å². The predicted molar refractivity (Wildman–Crippen MR) is 83.7 cm³/mol. The minimum atomic E-state index is 0.176. The molecule has 1 aromatic carbocycles. The van der Waals surface area contributed by atoms with Crippen molar-refractivity contribution >= 4 is 38.9 Å². The maximum absolute atomic E-state index is 6.36. The molecule has 2 rings (SSSR count). The molecule has 1 unspecified atom stereocenters. The summed E-state index contributed by atoms with van der Waals surface area (Å²) in [4.78, 5) is 1.33. The molecule has 0 aliphatic carbocycles. The molecule has 2 aromatic rings. The van der Waals surface area contributed by atoms with E-state index in [0.29, 0.717) is 0 Å². The molecule has 4 heteroatoms. The highest BCUT2D eigenvalue weighted by Crippen LogP contribution is 2.34. The van der Waals surface area contributed by atoms with Crippen molar-refractivity contribution < 1.29 is 0 Å². The lowest BCUT2D eigenvalue weighted by molar-refractivity contribution is 0.637. The van der Waals surface area contributed by atoms with Gasteiger partial charge in [-0.15, -0.1) is 11.3 Å². The Hall–Kier alpha value is -0.350. The lowest BCUT2D eigenvalue weighted by atomic mass is 10.0. The molecule has 0 fully saturated rings. The van der Waals surface area contributed by atoms with Gasteiger partial charge in [0.25, 0.3) is 0 Å². The minimum Gasteiger partial charge on any atom is -0.306 e. The van der Waals surface area contributed by atoms with Gasteiger partial charge in [-0.2, -0.15) is 0 Å². The van der Waals surface area contributed by atoms with Gasteiger partial charge in [0.05, 0.1) is 6.04 Å². The Labute approximate surface area is 125 Å². The zero-order valence-corrected chi connectivity index (χ0v) is 13.5. The summed E-state index contributed by atoms with van der Waals surface area (Å²) < 4.78 is 1.01. The van der Waals surface area contributed by atoms with Crippen molar-refractivity contribution in [2.75, 3.05) is 6.54 Å². The molecule has 0 aliphatic rings. The van der Waals surface area contributed by atoms with Gasteiger partial charge >= 0.3 is 0 Å². The van der Waals surface area contributed by atoms with Gasteiger partial charge < -0.3 is 5.32 Å². The highest BCUT2D eigenvalue weighted by molar-refractivity contribution is 9.10. The molecular weight excluding hydrogens is 330 g/mol. The molecule has 0 radical (unpaired) electrons. The Morgan fingerprint density at radius 2 is 2.17 bits per heavy atom. The third-order valence-corrected chi connectivity index (χ3v) is 4.75. The monoisotopic (exact) mass is 343 g/mol. The van der Waals surface area contributed by atoms with Crippen molar-refractivity contribution in [3.8, 4) is 0 Å². The number of hydrogen-bond acceptors (Lipinski definition) is 2. The number of nitrogens with one attached hydrogen (secondary N) is 1. The van der Waals surface area contributed by atoms with E-state index in [9.17, 15) is 0 Å². The van der Waals surface area contributed by atoms with Gasteiger partial charge in [0, 0.05) is 14.4 Å². The number of halogens is 2. The van der Waals surface area contributed by atoms with Crippen LogP contribution >= 0.6 is 38.9 Å². The fourth-order valence-electron chi connectivity index (χ4n) is 1.96. The number of rotatable bonds is 4. The maximum atomic E-state index is 6.36. The molecule has 1 heterocycles. The Bertz CT molecular complexity index is 538. The van der Waals surface area contributed by atoms with Gasteiger partial charge in [-0.05, 0) is 48.2 Å². The molecule has 1 nitrogen and oxygen atoms in total. The molecule has 1 atom stereocenters. The largest absolute Gasteiger partial charge is 0.306 e. The van der Waals surface area contributed by atoms with E-state index in [1.54, 1.807) is 11.3 Å². The summed E-state index contributed by atoms with van der Waals surface area (Å²) in [7, 11) is 0. The molecule has 0 spiro atoms. The average molecular weight is 345 g/mol. The highest BCUT2D eigenvalue weighted by atomic mass is 79.9. The Morgan fingerprint density at radius 3 is 2.72 bits per heavy atom. The molecule has 0 amide bonds. The van der Waals surface area contributed by atoms with Crippen molar-refractivity contribution in [2.24, 2.45) is 0 Å². The van der Waals surface area contributed by atoms with Crippen LogP contribution in [0.4, 0.5) is 0 Å². The van der Waals surface area contributed by atoms with Crippen LogP contribution in [0, 0.1) is 6.92 Å². The molecule has 18 heavy (non-hydrogen) atoms. The second kappa shape index (κ2) is 6.20. The summed E-state index contributed by atoms with van der Waals surface area (Å²) in [5, 5.41) is 6.43. The van der Waals surface area contributed by atoms with Gasteiger partial charge in [-0.25, -0.2) is 0 Å². The third-order valence-electron chi connectivity index (χ3n) is 2.85. The van der Waals surface area contributed by atoms with Crippen LogP contribution < -0.4 is 5.32 Å². The third kappa shape index (κ3) is 2.97. The summed E-state index contributed by atoms with van der Waals surface area (Å²) in [5.41, 5.74) is 2.44. The second-order valence-corrected chi connectivity index (χ2v) is 6.39. The second-order valence-electron chi connectivity index (χ2n) is 4.12. The van der Waals surface area contributed by atoms with E-state index in [0.717, 1.165) is 21.6 Å². The molecule has 0 bridgehead atoms. The summed E-state index contributed by atoms with van der Waals surface area (Å²) in [6.45, 7) is 5.17. The Balaban J connectivity index is 2.45. The van der Waals surface area contributed by atoms with Crippen LogP contribution in [0.3, 0.4) is 0 Å². The first-order chi connectivity index (χ1) is 8.63. The summed E-state index contributed by atoms with van der Waals surface area (Å²) in [6.07, 6.45) is 0. The zero-order valence-electron chi connectivity index (χ0n) is 10.3. The smallest absolute Gasteiger partial charge is 0.0688 e. The van der Waals surface area contributed by atoms with E-state index in [4.69, 9.17) is 11.6 Å². The van der Waals surface area contributed by atoms with E-state index in [1.165, 1.54) is 10.4 Å². The van der Waals surface area contributed by atoms with Crippen molar-refractivity contribution in [3.63, 3.8) is 0 Å². The molecule has 96 valence electrons. The van der Waals surface area contributed by atoms with Gasteiger partial charge in [-0.3, -0.25) is 0 Å². The summed E-state index contributed by atoms with van der Waals surface area (Å²) in [6, 6.07) is 8.39. The first kappa shape index (κ1) is 14.1. The van der Waals surface area contributed by atoms with Gasteiger partial charge in [0.15, 0.2) is 0 Å². The highest BCUT2D eigenvalue weighted by Gasteiger charge is 2.19. The zero-order chi connectivity index (χ0) is 13.1. The fraction of sp³-hybridized carbons (Fsp3) is 0.286. The predicted octanol–water partition coefficient (Wildman–Crippen LogP) is 5.17. The summed E-state index contributed by atoms with van der Waals surface area (Å²) >= 11 is 11.6. The SMILES string of the molecule is CCNC(c1ccc(Br)cc1Cl)c1sccc1C. The molecule has 0 saturated carbocycles. The Morgan fingerprint density at radius 1 is 1.39 bits per heavy atom. The molecule has 1 N–H and O–H groups in total. The van der Waals surface area contributed by atoms with Crippen molar-refractivity contribution in [1.82, 2.24) is 5.32 Å². The topological polar surface area (TPSA) is 12.0 Å². The first-order valence-electron chi connectivity index (χ1n) is 5.85. The van der Waals surface area contributed by atoms with E-state index in [1.807, 2.05) is 12.1 Å². The number of aryl methyl sites for hydroxylation is 1. The summed E-state index contributed by atoms with van der Waals surface area (Å²) in [5.74, 6) is 0. The fourth-order valence-corrected chi connectivity index (χ4v) is 3.77. The van der Waals surface area contributed by atoms with Gasteiger partial charge in [0.1, 0.15) is 0 Å². The average Bonchev–Trinajstić information content (AvgIpc) is 2.73. The van der Waals surface area contributed by atoms with Crippen molar-refractivity contribution in [3.05, 3.63) is 55.1 Å². The van der Waals surface area contributed by atoms with Crippen molar-refractivity contribution in [2.45, 2.75) is 19.9 Å². The lowest BCUT2D eigenvalue weighted by Crippen LogP contribution is -2.22. The standard InChI is InChI=1S/C14H15BrClNS/c1-3-17-13(14-9(2)6-7-18-14)11-5-4-10(15)8-12(11)16/h4-8,13,17H,3H2,1-2H3. The van der Waals surface area contributed by atoms with Crippen LogP contribution in [0.15, 0.2) is 34.1 Å². The van der Waals surface area contributed by atoms with Crippen molar-refractivity contribution in [1.29, 1.82) is 0 Å². The lowest BCUT2D eigenvalue weighted by Gasteiger charge is -2.19. The Kier molecular flexibility index (Phi) is 4.84. The normalized spacial score (nSPS) is 12.7. The maximum Gasteiger partial charge on any atom is 0.0688 e. The molecule has 0 aliphatic heterocycles. The van der Waals surface area contributed by atoms with Crippen LogP contribution in [0.5, 0.6) is 0 Å². The van der Waals surface area contributed by atoms with Crippen LogP contribution in [0.2, 0.25) is 5.02 Å². The number of benzene rings is 1. The number of hydrogen-bond donors (Lipinski definition) is 1. The molecular formula is C14H15BrClNS. The number of thiophene rings is 1. The van der Waals surface area contributed by atoms with Crippen LogP contribution in [0.25, 0.3) is 0 Å². The first-order valence-corrected chi connectivity index (χ1v) is 7.91. The van der Waals surface area contributed by atoms with E-state index in [2.05, 4.69) is 52.6 Å². The van der Waals surface area contributed by atoms with Crippen LogP contribution in [0.1, 0.15) is 29.0 Å². The van der Waals surface area contributed by atoms with Gasteiger partial charge in [-0.1, -0.05) is 40.5 Å². The van der Waals surface area contributed by atoms with E-state index < -0.39 is 0 Å².